The van der Waals surface area contributed by atoms with Gasteiger partial charge in [-0.15, -0.1) is 0 Å². The van der Waals surface area contributed by atoms with Crippen LogP contribution in [0.1, 0.15) is 17.6 Å². The Morgan fingerprint density at radius 1 is 1.43 bits per heavy atom. The molecule has 1 fully saturated rings. The van der Waals surface area contributed by atoms with Gasteiger partial charge in [0.2, 0.25) is 0 Å². The molecule has 3 rings (SSSR count). The van der Waals surface area contributed by atoms with Crippen molar-refractivity contribution in [2.75, 3.05) is 19.7 Å². The lowest BCUT2D eigenvalue weighted by Gasteiger charge is -2.30. The van der Waals surface area contributed by atoms with Gasteiger partial charge in [-0.2, -0.15) is 4.31 Å². The maximum Gasteiger partial charge on any atom is 0.262 e. The van der Waals surface area contributed by atoms with Gasteiger partial charge in [-0.1, -0.05) is 0 Å². The SMILES string of the molecule is Cc1cnc(C2CN(S(=O)(=O)c3cn(C)cn3)CCO2)[nH]1. The predicted molar refractivity (Wildman–Crippen MR) is 74.0 cm³/mol. The summed E-state index contributed by atoms with van der Waals surface area (Å²) >= 11 is 0. The maximum absolute atomic E-state index is 12.5. The molecule has 0 spiro atoms. The van der Waals surface area contributed by atoms with E-state index in [0.29, 0.717) is 19.0 Å². The smallest absolute Gasteiger partial charge is 0.262 e. The molecule has 0 saturated carbocycles. The average Bonchev–Trinajstić information content (AvgIpc) is 3.08. The molecule has 2 aromatic rings. The predicted octanol–water partition coefficient (Wildman–Crippen LogP) is 0.214. The molecule has 1 N–H and O–H groups in total. The van der Waals surface area contributed by atoms with Gasteiger partial charge in [-0.05, 0) is 6.92 Å². The van der Waals surface area contributed by atoms with Crippen LogP contribution in [0.15, 0.2) is 23.7 Å². The number of nitrogens with zero attached hydrogens (tertiary/aromatic N) is 4. The molecule has 0 amide bonds. The van der Waals surface area contributed by atoms with Crippen LogP contribution in [0.3, 0.4) is 0 Å². The number of morpholine rings is 1. The monoisotopic (exact) mass is 311 g/mol. The first-order valence-electron chi connectivity index (χ1n) is 6.58. The van der Waals surface area contributed by atoms with Crippen molar-refractivity contribution >= 4 is 10.0 Å². The third kappa shape index (κ3) is 2.71. The van der Waals surface area contributed by atoms with E-state index in [0.717, 1.165) is 5.69 Å². The van der Waals surface area contributed by atoms with Gasteiger partial charge >= 0.3 is 0 Å². The van der Waals surface area contributed by atoms with Crippen molar-refractivity contribution in [3.05, 3.63) is 30.2 Å². The lowest BCUT2D eigenvalue weighted by molar-refractivity contribution is -0.00717. The number of aryl methyl sites for hydroxylation is 2. The molecule has 3 heterocycles. The van der Waals surface area contributed by atoms with E-state index in [4.69, 9.17) is 4.74 Å². The number of hydrogen-bond acceptors (Lipinski definition) is 5. The number of H-pyrrole nitrogens is 1. The van der Waals surface area contributed by atoms with E-state index < -0.39 is 10.0 Å². The van der Waals surface area contributed by atoms with Crippen LogP contribution in [0, 0.1) is 6.92 Å². The third-order valence-electron chi connectivity index (χ3n) is 3.34. The zero-order chi connectivity index (χ0) is 15.0. The molecule has 0 aromatic carbocycles. The minimum atomic E-state index is -3.60. The van der Waals surface area contributed by atoms with E-state index >= 15 is 0 Å². The minimum Gasteiger partial charge on any atom is -0.368 e. The van der Waals surface area contributed by atoms with Crippen LogP contribution in [-0.2, 0) is 21.8 Å². The van der Waals surface area contributed by atoms with E-state index in [1.54, 1.807) is 17.8 Å². The van der Waals surface area contributed by atoms with Gasteiger partial charge in [-0.25, -0.2) is 18.4 Å². The van der Waals surface area contributed by atoms with Gasteiger partial charge in [0.05, 0.1) is 12.9 Å². The van der Waals surface area contributed by atoms with Gasteiger partial charge in [0, 0.05) is 38.2 Å². The first kappa shape index (κ1) is 14.2. The highest BCUT2D eigenvalue weighted by atomic mass is 32.2. The lowest BCUT2D eigenvalue weighted by atomic mass is 10.3. The average molecular weight is 311 g/mol. The molecule has 1 aliphatic heterocycles. The summed E-state index contributed by atoms with van der Waals surface area (Å²) in [5.41, 5.74) is 0.915. The van der Waals surface area contributed by atoms with Crippen LogP contribution in [0.2, 0.25) is 0 Å². The molecule has 1 atom stereocenters. The number of rotatable bonds is 3. The molecule has 1 saturated heterocycles. The van der Waals surface area contributed by atoms with E-state index in [2.05, 4.69) is 15.0 Å². The van der Waals surface area contributed by atoms with E-state index in [9.17, 15) is 8.42 Å². The number of ether oxygens (including phenoxy) is 1. The highest BCUT2D eigenvalue weighted by molar-refractivity contribution is 7.89. The molecule has 21 heavy (non-hydrogen) atoms. The van der Waals surface area contributed by atoms with Gasteiger partial charge in [0.1, 0.15) is 11.9 Å². The Bertz CT molecular complexity index is 736. The summed E-state index contributed by atoms with van der Waals surface area (Å²) in [7, 11) is -1.86. The summed E-state index contributed by atoms with van der Waals surface area (Å²) in [6.45, 7) is 2.76. The Labute approximate surface area is 122 Å². The summed E-state index contributed by atoms with van der Waals surface area (Å²) in [6, 6.07) is 0. The molecule has 114 valence electrons. The Morgan fingerprint density at radius 2 is 2.24 bits per heavy atom. The molecule has 0 bridgehead atoms. The zero-order valence-corrected chi connectivity index (χ0v) is 12.7. The number of aromatic amines is 1. The van der Waals surface area contributed by atoms with Gasteiger partial charge < -0.3 is 14.3 Å². The highest BCUT2D eigenvalue weighted by Gasteiger charge is 2.33. The second-order valence-corrected chi connectivity index (χ2v) is 6.94. The number of imidazole rings is 2. The Morgan fingerprint density at radius 3 is 2.86 bits per heavy atom. The number of aromatic nitrogens is 4. The van der Waals surface area contributed by atoms with Crippen molar-refractivity contribution in [1.29, 1.82) is 0 Å². The fourth-order valence-corrected chi connectivity index (χ4v) is 3.65. The van der Waals surface area contributed by atoms with Gasteiger partial charge in [0.25, 0.3) is 10.0 Å². The van der Waals surface area contributed by atoms with Crippen molar-refractivity contribution < 1.29 is 13.2 Å². The normalized spacial score (nSPS) is 20.8. The topological polar surface area (TPSA) is 93.1 Å². The van der Waals surface area contributed by atoms with Crippen LogP contribution in [-0.4, -0.2) is 51.9 Å². The second-order valence-electron chi connectivity index (χ2n) is 5.05. The standard InChI is InChI=1S/C12H17N5O3S/c1-9-5-13-12(15-9)10-6-17(3-4-20-10)21(18,19)11-7-16(2)8-14-11/h5,7-8,10H,3-4,6H2,1-2H3,(H,13,15). The quantitative estimate of drug-likeness (QED) is 0.875. The van der Waals surface area contributed by atoms with Crippen molar-refractivity contribution in [2.45, 2.75) is 18.1 Å². The number of sulfonamides is 1. The summed E-state index contributed by atoms with van der Waals surface area (Å²) in [5.74, 6) is 0.647. The fourth-order valence-electron chi connectivity index (χ4n) is 2.26. The third-order valence-corrected chi connectivity index (χ3v) is 5.09. The zero-order valence-electron chi connectivity index (χ0n) is 11.9. The van der Waals surface area contributed by atoms with Crippen LogP contribution in [0.25, 0.3) is 0 Å². The van der Waals surface area contributed by atoms with Crippen LogP contribution in [0.4, 0.5) is 0 Å². The molecule has 9 heteroatoms. The number of hydrogen-bond donors (Lipinski definition) is 1. The van der Waals surface area contributed by atoms with E-state index in [1.807, 2.05) is 6.92 Å². The molecule has 0 radical (unpaired) electrons. The first-order chi connectivity index (χ1) is 9.96. The van der Waals surface area contributed by atoms with Gasteiger partial charge in [0.15, 0.2) is 5.03 Å². The van der Waals surface area contributed by atoms with Crippen LogP contribution < -0.4 is 0 Å². The van der Waals surface area contributed by atoms with Gasteiger partial charge in [-0.3, -0.25) is 0 Å². The summed E-state index contributed by atoms with van der Waals surface area (Å²) in [4.78, 5) is 11.2. The molecule has 2 aromatic heterocycles. The molecule has 8 nitrogen and oxygen atoms in total. The Kier molecular flexibility index (Phi) is 3.56. The second kappa shape index (κ2) is 5.24. The largest absolute Gasteiger partial charge is 0.368 e. The maximum atomic E-state index is 12.5. The molecular weight excluding hydrogens is 294 g/mol. The van der Waals surface area contributed by atoms with Crippen LogP contribution in [0.5, 0.6) is 0 Å². The summed E-state index contributed by atoms with van der Waals surface area (Å²) in [6.07, 6.45) is 4.29. The first-order valence-corrected chi connectivity index (χ1v) is 8.02. The molecule has 1 unspecified atom stereocenters. The highest BCUT2D eigenvalue weighted by Crippen LogP contribution is 2.24. The Balaban J connectivity index is 1.83. The summed E-state index contributed by atoms with van der Waals surface area (Å²) in [5, 5.41) is 0.0567. The lowest BCUT2D eigenvalue weighted by Crippen LogP contribution is -2.42. The fraction of sp³-hybridized carbons (Fsp3) is 0.500. The Hall–Kier alpha value is -1.71. The van der Waals surface area contributed by atoms with Crippen molar-refractivity contribution in [1.82, 2.24) is 23.8 Å². The number of nitrogens with one attached hydrogen (secondary N) is 1. The minimum absolute atomic E-state index is 0.0567. The van der Waals surface area contributed by atoms with Crippen molar-refractivity contribution in [2.24, 2.45) is 7.05 Å². The molecule has 0 aliphatic carbocycles. The van der Waals surface area contributed by atoms with E-state index in [-0.39, 0.29) is 17.7 Å². The van der Waals surface area contributed by atoms with Crippen LogP contribution >= 0.6 is 0 Å². The van der Waals surface area contributed by atoms with E-state index in [1.165, 1.54) is 16.8 Å². The van der Waals surface area contributed by atoms with Crippen molar-refractivity contribution in [3.63, 3.8) is 0 Å². The molecular formula is C12H17N5O3S. The molecule has 1 aliphatic rings. The van der Waals surface area contributed by atoms with Crippen molar-refractivity contribution in [3.8, 4) is 0 Å². The summed E-state index contributed by atoms with van der Waals surface area (Å²) < 4.78 is 33.7.